The Morgan fingerprint density at radius 2 is 1.97 bits per heavy atom. The van der Waals surface area contributed by atoms with Crippen LogP contribution in [0.5, 0.6) is 0 Å². The van der Waals surface area contributed by atoms with Gasteiger partial charge in [0.05, 0.1) is 42.5 Å². The molecule has 2 heterocycles. The highest BCUT2D eigenvalue weighted by Crippen LogP contribution is 2.17. The highest BCUT2D eigenvalue weighted by molar-refractivity contribution is 5.92. The number of aromatic nitrogens is 5. The Kier molecular flexibility index (Phi) is 5.26. The number of nitriles is 1. The molecule has 0 bridgehead atoms. The van der Waals surface area contributed by atoms with Crippen LogP contribution in [0.4, 0.5) is 5.82 Å². The number of carbonyl (C=O) groups is 1. The van der Waals surface area contributed by atoms with Crippen molar-refractivity contribution in [3.63, 3.8) is 0 Å². The number of nitrogens with one attached hydrogen (secondary N) is 1. The molecule has 8 heteroatoms. The summed E-state index contributed by atoms with van der Waals surface area (Å²) in [5.41, 5.74) is 4.53. The van der Waals surface area contributed by atoms with Gasteiger partial charge in [0, 0.05) is 11.9 Å². The van der Waals surface area contributed by atoms with Crippen molar-refractivity contribution >= 4 is 22.6 Å². The lowest BCUT2D eigenvalue weighted by Gasteiger charge is -2.04. The van der Waals surface area contributed by atoms with Gasteiger partial charge in [0.1, 0.15) is 0 Å². The van der Waals surface area contributed by atoms with E-state index in [0.29, 0.717) is 17.9 Å². The zero-order valence-electron chi connectivity index (χ0n) is 16.8. The standard InChI is InChI=1S/C22H21N7O/c1-3-28-20-7-5-16(9-19(20)12-24-28)10-22(30)26-21-13-25-29(27-21)14-17-4-6-18(11-23)15(2)8-17/h4-9,12-13H,3,10,14H2,1-2H3,(H,26,27,30). The molecule has 0 saturated heterocycles. The van der Waals surface area contributed by atoms with Gasteiger partial charge in [0.25, 0.3) is 0 Å². The number of nitrogens with zero attached hydrogens (tertiary/aromatic N) is 6. The molecule has 0 aliphatic carbocycles. The van der Waals surface area contributed by atoms with Crippen LogP contribution in [-0.4, -0.2) is 30.7 Å². The second-order valence-electron chi connectivity index (χ2n) is 7.10. The van der Waals surface area contributed by atoms with E-state index in [9.17, 15) is 4.79 Å². The number of benzene rings is 2. The first-order chi connectivity index (χ1) is 14.6. The van der Waals surface area contributed by atoms with E-state index in [-0.39, 0.29) is 12.3 Å². The maximum atomic E-state index is 12.4. The van der Waals surface area contributed by atoms with E-state index < -0.39 is 0 Å². The predicted molar refractivity (Wildman–Crippen MR) is 113 cm³/mol. The van der Waals surface area contributed by atoms with Crippen LogP contribution in [0.15, 0.2) is 48.8 Å². The third kappa shape index (κ3) is 4.05. The quantitative estimate of drug-likeness (QED) is 0.537. The Morgan fingerprint density at radius 3 is 2.73 bits per heavy atom. The number of rotatable bonds is 6. The van der Waals surface area contributed by atoms with Crippen molar-refractivity contribution in [3.05, 3.63) is 71.0 Å². The number of carbonyl (C=O) groups excluding carboxylic acids is 1. The number of anilines is 1. The topological polar surface area (TPSA) is 101 Å². The summed E-state index contributed by atoms with van der Waals surface area (Å²) >= 11 is 0. The molecule has 4 aromatic rings. The van der Waals surface area contributed by atoms with Crippen molar-refractivity contribution in [1.29, 1.82) is 5.26 Å². The Balaban J connectivity index is 1.39. The fourth-order valence-electron chi connectivity index (χ4n) is 3.41. The largest absolute Gasteiger partial charge is 0.308 e. The van der Waals surface area contributed by atoms with E-state index in [4.69, 9.17) is 5.26 Å². The molecular formula is C22H21N7O. The summed E-state index contributed by atoms with van der Waals surface area (Å²) in [4.78, 5) is 13.9. The van der Waals surface area contributed by atoms with Crippen molar-refractivity contribution in [1.82, 2.24) is 24.8 Å². The number of amides is 1. The first-order valence-electron chi connectivity index (χ1n) is 9.69. The number of aryl methyl sites for hydroxylation is 2. The van der Waals surface area contributed by atoms with E-state index in [0.717, 1.165) is 34.1 Å². The second kappa shape index (κ2) is 8.17. The lowest BCUT2D eigenvalue weighted by molar-refractivity contribution is -0.115. The van der Waals surface area contributed by atoms with Crippen molar-refractivity contribution in [3.8, 4) is 6.07 Å². The first-order valence-corrected chi connectivity index (χ1v) is 9.69. The lowest BCUT2D eigenvalue weighted by Crippen LogP contribution is -2.15. The molecule has 0 radical (unpaired) electrons. The van der Waals surface area contributed by atoms with Crippen molar-refractivity contribution < 1.29 is 4.79 Å². The van der Waals surface area contributed by atoms with Gasteiger partial charge in [-0.1, -0.05) is 18.2 Å². The third-order valence-corrected chi connectivity index (χ3v) is 4.91. The molecule has 2 aromatic heterocycles. The second-order valence-corrected chi connectivity index (χ2v) is 7.10. The average molecular weight is 399 g/mol. The van der Waals surface area contributed by atoms with Crippen LogP contribution in [0.25, 0.3) is 10.9 Å². The highest BCUT2D eigenvalue weighted by atomic mass is 16.1. The maximum absolute atomic E-state index is 12.4. The van der Waals surface area contributed by atoms with Gasteiger partial charge in [-0.15, -0.1) is 5.10 Å². The molecule has 0 aliphatic rings. The summed E-state index contributed by atoms with van der Waals surface area (Å²) in [7, 11) is 0. The molecule has 0 unspecified atom stereocenters. The van der Waals surface area contributed by atoms with Crippen LogP contribution in [0.1, 0.15) is 29.2 Å². The minimum atomic E-state index is -0.154. The molecule has 30 heavy (non-hydrogen) atoms. The van der Waals surface area contributed by atoms with Gasteiger partial charge >= 0.3 is 0 Å². The Morgan fingerprint density at radius 1 is 1.13 bits per heavy atom. The van der Waals surface area contributed by atoms with Crippen molar-refractivity contribution in [2.75, 3.05) is 5.32 Å². The van der Waals surface area contributed by atoms with Gasteiger partial charge in [-0.05, 0) is 48.7 Å². The van der Waals surface area contributed by atoms with Gasteiger partial charge < -0.3 is 5.32 Å². The minimum Gasteiger partial charge on any atom is -0.308 e. The fourth-order valence-corrected chi connectivity index (χ4v) is 3.41. The predicted octanol–water partition coefficient (Wildman–Crippen LogP) is 3.06. The van der Waals surface area contributed by atoms with Crippen molar-refractivity contribution in [2.24, 2.45) is 0 Å². The van der Waals surface area contributed by atoms with Crippen LogP contribution in [0, 0.1) is 18.3 Å². The molecule has 1 amide bonds. The van der Waals surface area contributed by atoms with Crippen molar-refractivity contribution in [2.45, 2.75) is 33.4 Å². The van der Waals surface area contributed by atoms with E-state index >= 15 is 0 Å². The van der Waals surface area contributed by atoms with Gasteiger partial charge in [-0.3, -0.25) is 9.48 Å². The smallest absolute Gasteiger partial charge is 0.230 e. The molecule has 2 aromatic carbocycles. The molecule has 0 fully saturated rings. The van der Waals surface area contributed by atoms with E-state index in [1.54, 1.807) is 6.07 Å². The SMILES string of the molecule is CCn1ncc2cc(CC(=O)Nc3cnn(Cc4ccc(C#N)c(C)c4)n3)ccc21. The summed E-state index contributed by atoms with van der Waals surface area (Å²) in [6.45, 7) is 5.21. The van der Waals surface area contributed by atoms with Gasteiger partial charge in [-0.25, -0.2) is 0 Å². The molecule has 0 aliphatic heterocycles. The molecular weight excluding hydrogens is 378 g/mol. The highest BCUT2D eigenvalue weighted by Gasteiger charge is 2.10. The molecule has 0 spiro atoms. The van der Waals surface area contributed by atoms with Crippen LogP contribution >= 0.6 is 0 Å². The zero-order chi connectivity index (χ0) is 21.1. The third-order valence-electron chi connectivity index (χ3n) is 4.91. The van der Waals surface area contributed by atoms with E-state index in [1.807, 2.05) is 55.1 Å². The van der Waals surface area contributed by atoms with Crippen LogP contribution in [0.2, 0.25) is 0 Å². The van der Waals surface area contributed by atoms with Gasteiger partial charge in [-0.2, -0.15) is 20.3 Å². The van der Waals surface area contributed by atoms with E-state index in [2.05, 4.69) is 26.7 Å². The number of fused-ring (bicyclic) bond motifs is 1. The molecule has 0 atom stereocenters. The fraction of sp³-hybridized carbons (Fsp3) is 0.227. The summed E-state index contributed by atoms with van der Waals surface area (Å²) in [6, 6.07) is 13.7. The summed E-state index contributed by atoms with van der Waals surface area (Å²) in [5, 5.41) is 25.7. The Labute approximate surface area is 173 Å². The molecule has 150 valence electrons. The van der Waals surface area contributed by atoms with Gasteiger partial charge in [0.2, 0.25) is 5.91 Å². The summed E-state index contributed by atoms with van der Waals surface area (Å²) in [6.07, 6.45) is 3.59. The molecule has 4 rings (SSSR count). The Bertz CT molecular complexity index is 1260. The molecule has 1 N–H and O–H groups in total. The number of hydrogen-bond donors (Lipinski definition) is 1. The lowest BCUT2D eigenvalue weighted by atomic mass is 10.1. The molecule has 0 saturated carbocycles. The average Bonchev–Trinajstić information content (AvgIpc) is 3.34. The first kappa shape index (κ1) is 19.3. The minimum absolute atomic E-state index is 0.154. The number of hydrogen-bond acceptors (Lipinski definition) is 5. The zero-order valence-corrected chi connectivity index (χ0v) is 16.8. The summed E-state index contributed by atoms with van der Waals surface area (Å²) in [5.74, 6) is 0.253. The van der Waals surface area contributed by atoms with Crippen LogP contribution in [-0.2, 0) is 24.3 Å². The summed E-state index contributed by atoms with van der Waals surface area (Å²) < 4.78 is 1.92. The van der Waals surface area contributed by atoms with Crippen LogP contribution < -0.4 is 5.32 Å². The monoisotopic (exact) mass is 399 g/mol. The Hall–Kier alpha value is -3.99. The van der Waals surface area contributed by atoms with E-state index in [1.165, 1.54) is 11.0 Å². The normalized spacial score (nSPS) is 10.8. The van der Waals surface area contributed by atoms with Gasteiger partial charge in [0.15, 0.2) is 5.82 Å². The molecule has 8 nitrogen and oxygen atoms in total. The van der Waals surface area contributed by atoms with Crippen LogP contribution in [0.3, 0.4) is 0 Å². The maximum Gasteiger partial charge on any atom is 0.230 e.